The summed E-state index contributed by atoms with van der Waals surface area (Å²) < 4.78 is 0. The molecule has 0 radical (unpaired) electrons. The number of nitrogens with two attached hydrogens (primary N) is 1. The van der Waals surface area contributed by atoms with Crippen molar-refractivity contribution in [3.8, 4) is 11.1 Å². The Labute approximate surface area is 102 Å². The van der Waals surface area contributed by atoms with Crippen LogP contribution in [-0.4, -0.2) is 5.84 Å². The Bertz CT molecular complexity index is 544. The molecule has 2 nitrogen and oxygen atoms in total. The molecular weight excluding hydrogens is 208 g/mol. The highest BCUT2D eigenvalue weighted by atomic mass is 14.7. The van der Waals surface area contributed by atoms with Crippen molar-refractivity contribution in [1.29, 1.82) is 5.41 Å². The van der Waals surface area contributed by atoms with Crippen LogP contribution < -0.4 is 5.73 Å². The first-order valence-corrected chi connectivity index (χ1v) is 5.65. The number of aryl methyl sites for hydroxylation is 1. The second-order valence-electron chi connectivity index (χ2n) is 4.17. The molecule has 0 atom stereocenters. The Balaban J connectivity index is 2.52. The zero-order valence-corrected chi connectivity index (χ0v) is 9.90. The van der Waals surface area contributed by atoms with Crippen molar-refractivity contribution >= 4 is 5.84 Å². The van der Waals surface area contributed by atoms with Gasteiger partial charge in [0.15, 0.2) is 0 Å². The quantitative estimate of drug-likeness (QED) is 0.610. The lowest BCUT2D eigenvalue weighted by molar-refractivity contribution is 1.24. The van der Waals surface area contributed by atoms with Gasteiger partial charge in [-0.15, -0.1) is 0 Å². The summed E-state index contributed by atoms with van der Waals surface area (Å²) >= 11 is 0. The van der Waals surface area contributed by atoms with E-state index in [1.807, 2.05) is 30.3 Å². The van der Waals surface area contributed by atoms with Gasteiger partial charge < -0.3 is 5.73 Å². The maximum absolute atomic E-state index is 7.42. The minimum atomic E-state index is 0.200. The molecule has 0 fully saturated rings. The fourth-order valence-corrected chi connectivity index (χ4v) is 2.02. The van der Waals surface area contributed by atoms with Gasteiger partial charge in [-0.25, -0.2) is 0 Å². The van der Waals surface area contributed by atoms with Crippen LogP contribution >= 0.6 is 0 Å². The first-order valence-electron chi connectivity index (χ1n) is 5.65. The van der Waals surface area contributed by atoms with Crippen LogP contribution in [0.5, 0.6) is 0 Å². The van der Waals surface area contributed by atoms with Gasteiger partial charge in [-0.3, -0.25) is 5.41 Å². The van der Waals surface area contributed by atoms with E-state index < -0.39 is 0 Å². The van der Waals surface area contributed by atoms with Gasteiger partial charge in [-0.2, -0.15) is 0 Å². The number of hydrogen-bond acceptors (Lipinski definition) is 1. The Morgan fingerprint density at radius 3 is 2.24 bits per heavy atom. The summed E-state index contributed by atoms with van der Waals surface area (Å²) in [5, 5.41) is 7.42. The molecule has 2 rings (SSSR count). The first-order chi connectivity index (χ1) is 8.18. The summed E-state index contributed by atoms with van der Waals surface area (Å²) in [6.45, 7) is 2.10. The summed E-state index contributed by atoms with van der Waals surface area (Å²) in [5.74, 6) is 0.200. The van der Waals surface area contributed by atoms with E-state index >= 15 is 0 Å². The molecule has 2 aromatic carbocycles. The second kappa shape index (κ2) is 4.83. The summed E-state index contributed by atoms with van der Waals surface area (Å²) in [6.07, 6.45) is 0.504. The van der Waals surface area contributed by atoms with Gasteiger partial charge in [0, 0.05) is 6.42 Å². The van der Waals surface area contributed by atoms with Crippen LogP contribution in [0, 0.1) is 12.3 Å². The number of benzene rings is 2. The molecule has 0 aliphatic heterocycles. The Morgan fingerprint density at radius 2 is 1.59 bits per heavy atom. The smallest absolute Gasteiger partial charge is 0.0950 e. The molecule has 17 heavy (non-hydrogen) atoms. The van der Waals surface area contributed by atoms with Gasteiger partial charge in [0.25, 0.3) is 0 Å². The van der Waals surface area contributed by atoms with E-state index in [0.29, 0.717) is 6.42 Å². The topological polar surface area (TPSA) is 49.9 Å². The van der Waals surface area contributed by atoms with Gasteiger partial charge in [0.2, 0.25) is 0 Å². The minimum Gasteiger partial charge on any atom is -0.387 e. The largest absolute Gasteiger partial charge is 0.387 e. The molecule has 0 bridgehead atoms. The Morgan fingerprint density at radius 1 is 1.00 bits per heavy atom. The number of nitrogens with one attached hydrogen (secondary N) is 1. The van der Waals surface area contributed by atoms with E-state index in [0.717, 1.165) is 5.56 Å². The Kier molecular flexibility index (Phi) is 3.24. The molecule has 86 valence electrons. The number of amidine groups is 1. The van der Waals surface area contributed by atoms with E-state index in [2.05, 4.69) is 25.1 Å². The van der Waals surface area contributed by atoms with E-state index in [1.54, 1.807) is 0 Å². The maximum atomic E-state index is 7.42. The van der Waals surface area contributed by atoms with Gasteiger partial charge in [-0.1, -0.05) is 48.5 Å². The summed E-state index contributed by atoms with van der Waals surface area (Å²) in [5.41, 5.74) is 10.2. The summed E-state index contributed by atoms with van der Waals surface area (Å²) in [7, 11) is 0. The predicted octanol–water partition coefficient (Wildman–Crippen LogP) is 3.14. The average molecular weight is 224 g/mol. The van der Waals surface area contributed by atoms with Crippen LogP contribution in [-0.2, 0) is 6.42 Å². The van der Waals surface area contributed by atoms with Gasteiger partial charge in [0.1, 0.15) is 0 Å². The fourth-order valence-electron chi connectivity index (χ4n) is 2.02. The van der Waals surface area contributed by atoms with Crippen molar-refractivity contribution < 1.29 is 0 Å². The second-order valence-corrected chi connectivity index (χ2v) is 4.17. The molecule has 0 aromatic heterocycles. The van der Waals surface area contributed by atoms with Crippen LogP contribution in [0.25, 0.3) is 11.1 Å². The third-order valence-electron chi connectivity index (χ3n) is 2.83. The van der Waals surface area contributed by atoms with Crippen LogP contribution in [0.3, 0.4) is 0 Å². The summed E-state index contributed by atoms with van der Waals surface area (Å²) in [6, 6.07) is 16.4. The van der Waals surface area contributed by atoms with E-state index in [4.69, 9.17) is 11.1 Å². The molecule has 0 amide bonds. The zero-order valence-electron chi connectivity index (χ0n) is 9.90. The average Bonchev–Trinajstić information content (AvgIpc) is 2.30. The third-order valence-corrected chi connectivity index (χ3v) is 2.83. The van der Waals surface area contributed by atoms with Crippen LogP contribution in [0.15, 0.2) is 48.5 Å². The minimum absolute atomic E-state index is 0.200. The summed E-state index contributed by atoms with van der Waals surface area (Å²) in [4.78, 5) is 0. The molecule has 0 unspecified atom stereocenters. The molecular formula is C15H16N2. The lowest BCUT2D eigenvalue weighted by Gasteiger charge is -2.11. The van der Waals surface area contributed by atoms with E-state index in [1.165, 1.54) is 16.7 Å². The highest BCUT2D eigenvalue weighted by Gasteiger charge is 2.07. The number of rotatable bonds is 3. The number of hydrogen-bond donors (Lipinski definition) is 2. The maximum Gasteiger partial charge on any atom is 0.0950 e. The highest BCUT2D eigenvalue weighted by molar-refractivity contribution is 5.83. The molecule has 0 heterocycles. The normalized spacial score (nSPS) is 10.2. The molecule has 0 spiro atoms. The molecule has 0 saturated carbocycles. The molecule has 0 aliphatic rings. The molecule has 0 saturated heterocycles. The highest BCUT2D eigenvalue weighted by Crippen LogP contribution is 2.26. The van der Waals surface area contributed by atoms with Crippen molar-refractivity contribution in [2.75, 3.05) is 0 Å². The van der Waals surface area contributed by atoms with Crippen molar-refractivity contribution in [2.45, 2.75) is 13.3 Å². The van der Waals surface area contributed by atoms with Crippen LogP contribution in [0.4, 0.5) is 0 Å². The monoisotopic (exact) mass is 224 g/mol. The third kappa shape index (κ3) is 2.53. The first kappa shape index (κ1) is 11.4. The van der Waals surface area contributed by atoms with Crippen LogP contribution in [0.1, 0.15) is 11.1 Å². The van der Waals surface area contributed by atoms with Gasteiger partial charge in [0.05, 0.1) is 5.84 Å². The lowest BCUT2D eigenvalue weighted by atomic mass is 9.94. The Hall–Kier alpha value is -2.09. The SMILES string of the molecule is Cc1ccccc1-c1ccccc1CC(=N)N. The molecule has 2 aromatic rings. The van der Waals surface area contributed by atoms with Crippen molar-refractivity contribution in [3.05, 3.63) is 59.7 Å². The standard InChI is InChI=1S/C15H16N2/c1-11-6-2-4-8-13(11)14-9-5-3-7-12(14)10-15(16)17/h2-9H,10H2,1H3,(H3,16,17). The predicted molar refractivity (Wildman–Crippen MR) is 72.2 cm³/mol. The van der Waals surface area contributed by atoms with Gasteiger partial charge >= 0.3 is 0 Å². The zero-order chi connectivity index (χ0) is 12.3. The lowest BCUT2D eigenvalue weighted by Crippen LogP contribution is -2.13. The van der Waals surface area contributed by atoms with Gasteiger partial charge in [-0.05, 0) is 29.2 Å². The van der Waals surface area contributed by atoms with E-state index in [-0.39, 0.29) is 5.84 Å². The molecule has 0 aliphatic carbocycles. The fraction of sp³-hybridized carbons (Fsp3) is 0.133. The van der Waals surface area contributed by atoms with Crippen molar-refractivity contribution in [3.63, 3.8) is 0 Å². The molecule has 2 heteroatoms. The van der Waals surface area contributed by atoms with Crippen LogP contribution in [0.2, 0.25) is 0 Å². The van der Waals surface area contributed by atoms with E-state index in [9.17, 15) is 0 Å². The van der Waals surface area contributed by atoms with Crippen molar-refractivity contribution in [1.82, 2.24) is 0 Å². The van der Waals surface area contributed by atoms with Crippen molar-refractivity contribution in [2.24, 2.45) is 5.73 Å². The molecule has 3 N–H and O–H groups in total.